The summed E-state index contributed by atoms with van der Waals surface area (Å²) in [6.45, 7) is -1.41. The Balaban J connectivity index is 2.21. The SMILES string of the molecule is C#CCN1C(=O)N(c2ccc(C#N)c(C(F)(F)F)c2)C(=O)C1(CO)c1ccc(F)cc1. The first-order valence-corrected chi connectivity index (χ1v) is 8.69. The minimum absolute atomic E-state index is 0.0252. The van der Waals surface area contributed by atoms with E-state index in [-0.39, 0.29) is 5.56 Å². The first-order valence-electron chi connectivity index (χ1n) is 8.69. The molecule has 0 bridgehead atoms. The molecule has 31 heavy (non-hydrogen) atoms. The topological polar surface area (TPSA) is 84.6 Å². The van der Waals surface area contributed by atoms with Crippen molar-refractivity contribution in [1.29, 1.82) is 5.26 Å². The number of carbonyl (C=O) groups is 2. The van der Waals surface area contributed by atoms with Crippen LogP contribution >= 0.6 is 0 Å². The van der Waals surface area contributed by atoms with Gasteiger partial charge in [-0.2, -0.15) is 18.4 Å². The number of carbonyl (C=O) groups excluding carboxylic acids is 2. The van der Waals surface area contributed by atoms with Crippen LogP contribution in [0.1, 0.15) is 16.7 Å². The Morgan fingerprint density at radius 3 is 2.29 bits per heavy atom. The summed E-state index contributed by atoms with van der Waals surface area (Å²) in [5, 5.41) is 19.1. The molecule has 0 spiro atoms. The van der Waals surface area contributed by atoms with Gasteiger partial charge in [0.15, 0.2) is 5.54 Å². The first-order chi connectivity index (χ1) is 14.6. The fourth-order valence-corrected chi connectivity index (χ4v) is 3.45. The third-order valence-corrected chi connectivity index (χ3v) is 4.93. The molecule has 3 rings (SSSR count). The molecule has 1 aliphatic heterocycles. The summed E-state index contributed by atoms with van der Waals surface area (Å²) in [4.78, 5) is 27.7. The van der Waals surface area contributed by atoms with E-state index in [9.17, 15) is 32.3 Å². The standard InChI is InChI=1S/C21H13F4N3O3/c1-2-9-27-19(31)28(16-8-3-13(11-26)17(10-16)21(23,24)25)18(30)20(27,12-29)14-4-6-15(22)7-5-14/h1,3-8,10,29H,9,12H2. The molecule has 3 amide bonds. The van der Waals surface area contributed by atoms with E-state index in [0.29, 0.717) is 11.0 Å². The molecule has 0 saturated carbocycles. The summed E-state index contributed by atoms with van der Waals surface area (Å²) in [7, 11) is 0. The zero-order chi connectivity index (χ0) is 23.0. The molecule has 1 atom stereocenters. The number of benzene rings is 2. The van der Waals surface area contributed by atoms with E-state index in [4.69, 9.17) is 11.7 Å². The van der Waals surface area contributed by atoms with Crippen LogP contribution < -0.4 is 4.90 Å². The molecule has 2 aromatic rings. The second-order valence-corrected chi connectivity index (χ2v) is 6.58. The maximum atomic E-state index is 13.4. The molecular weight excluding hydrogens is 418 g/mol. The maximum Gasteiger partial charge on any atom is 0.417 e. The molecule has 0 aliphatic carbocycles. The van der Waals surface area contributed by atoms with Crippen LogP contribution in [0.3, 0.4) is 0 Å². The Hall–Kier alpha value is -3.89. The van der Waals surface area contributed by atoms with Crippen molar-refractivity contribution in [1.82, 2.24) is 4.90 Å². The Labute approximate surface area is 173 Å². The van der Waals surface area contributed by atoms with Crippen molar-refractivity contribution >= 4 is 17.6 Å². The molecular formula is C21H13F4N3O3. The average Bonchev–Trinajstić information content (AvgIpc) is 2.95. The lowest BCUT2D eigenvalue weighted by atomic mass is 9.88. The average molecular weight is 431 g/mol. The minimum atomic E-state index is -4.92. The number of aliphatic hydroxyl groups excluding tert-OH is 1. The van der Waals surface area contributed by atoms with Crippen molar-refractivity contribution in [3.05, 3.63) is 65.0 Å². The zero-order valence-electron chi connectivity index (χ0n) is 15.7. The normalized spacial score (nSPS) is 18.8. The second-order valence-electron chi connectivity index (χ2n) is 6.58. The summed E-state index contributed by atoms with van der Waals surface area (Å²) in [6, 6.07) is 7.03. The Morgan fingerprint density at radius 2 is 1.77 bits per heavy atom. The van der Waals surface area contributed by atoms with Crippen LogP contribution in [0.5, 0.6) is 0 Å². The van der Waals surface area contributed by atoms with Crippen LogP contribution in [0.2, 0.25) is 0 Å². The molecule has 1 saturated heterocycles. The van der Waals surface area contributed by atoms with Crippen molar-refractivity contribution in [3.63, 3.8) is 0 Å². The number of amides is 3. The van der Waals surface area contributed by atoms with Gasteiger partial charge in [0.25, 0.3) is 5.91 Å². The fraction of sp³-hybridized carbons (Fsp3) is 0.190. The number of rotatable bonds is 4. The number of anilines is 1. The lowest BCUT2D eigenvalue weighted by Crippen LogP contribution is -2.50. The highest BCUT2D eigenvalue weighted by Crippen LogP contribution is 2.41. The predicted molar refractivity (Wildman–Crippen MR) is 99.7 cm³/mol. The number of imide groups is 1. The molecule has 1 heterocycles. The number of nitriles is 1. The van der Waals surface area contributed by atoms with E-state index in [0.717, 1.165) is 29.2 Å². The molecule has 0 aromatic heterocycles. The van der Waals surface area contributed by atoms with Gasteiger partial charge in [-0.05, 0) is 35.9 Å². The van der Waals surface area contributed by atoms with E-state index in [2.05, 4.69) is 5.92 Å². The number of nitrogens with zero attached hydrogens (tertiary/aromatic N) is 3. The van der Waals surface area contributed by atoms with E-state index < -0.39 is 59.4 Å². The van der Waals surface area contributed by atoms with Gasteiger partial charge in [0.1, 0.15) is 5.82 Å². The van der Waals surface area contributed by atoms with Gasteiger partial charge in [-0.25, -0.2) is 14.1 Å². The van der Waals surface area contributed by atoms with Crippen LogP contribution in [0.15, 0.2) is 42.5 Å². The quantitative estimate of drug-likeness (QED) is 0.458. The maximum absolute atomic E-state index is 13.4. The monoisotopic (exact) mass is 431 g/mol. The van der Waals surface area contributed by atoms with Crippen molar-refractivity contribution < 1.29 is 32.3 Å². The largest absolute Gasteiger partial charge is 0.417 e. The number of terminal acetylenes is 1. The van der Waals surface area contributed by atoms with Crippen molar-refractivity contribution in [2.24, 2.45) is 0 Å². The minimum Gasteiger partial charge on any atom is -0.393 e. The van der Waals surface area contributed by atoms with Crippen LogP contribution in [0, 0.1) is 29.5 Å². The number of halogens is 4. The van der Waals surface area contributed by atoms with Gasteiger partial charge in [0.2, 0.25) is 0 Å². The predicted octanol–water partition coefficient (Wildman–Crippen LogP) is 3.01. The number of hydrogen-bond donors (Lipinski definition) is 1. The van der Waals surface area contributed by atoms with Gasteiger partial charge in [-0.1, -0.05) is 18.1 Å². The number of alkyl halides is 3. The van der Waals surface area contributed by atoms with Crippen molar-refractivity contribution in [3.8, 4) is 18.4 Å². The molecule has 1 unspecified atom stereocenters. The molecule has 1 fully saturated rings. The van der Waals surface area contributed by atoms with E-state index in [1.807, 2.05) is 0 Å². The smallest absolute Gasteiger partial charge is 0.393 e. The summed E-state index contributed by atoms with van der Waals surface area (Å²) >= 11 is 0. The van der Waals surface area contributed by atoms with E-state index >= 15 is 0 Å². The zero-order valence-corrected chi connectivity index (χ0v) is 15.7. The third kappa shape index (κ3) is 3.37. The van der Waals surface area contributed by atoms with E-state index in [1.165, 1.54) is 18.2 Å². The summed E-state index contributed by atoms with van der Waals surface area (Å²) in [5.41, 5.74) is -4.52. The molecule has 0 radical (unpaired) electrons. The molecule has 158 valence electrons. The van der Waals surface area contributed by atoms with E-state index in [1.54, 1.807) is 0 Å². The van der Waals surface area contributed by atoms with Crippen molar-refractivity contribution in [2.75, 3.05) is 18.1 Å². The second kappa shape index (κ2) is 7.74. The molecule has 6 nitrogen and oxygen atoms in total. The molecule has 2 aromatic carbocycles. The molecule has 1 aliphatic rings. The lowest BCUT2D eigenvalue weighted by Gasteiger charge is -2.32. The van der Waals surface area contributed by atoms with Crippen LogP contribution in [-0.4, -0.2) is 35.1 Å². The van der Waals surface area contributed by atoms with Gasteiger partial charge >= 0.3 is 12.2 Å². The Bertz CT molecular complexity index is 1130. The highest BCUT2D eigenvalue weighted by molar-refractivity contribution is 6.23. The number of hydrogen-bond acceptors (Lipinski definition) is 4. The highest BCUT2D eigenvalue weighted by atomic mass is 19.4. The third-order valence-electron chi connectivity index (χ3n) is 4.93. The highest BCUT2D eigenvalue weighted by Gasteiger charge is 2.58. The summed E-state index contributed by atoms with van der Waals surface area (Å²) in [6.07, 6.45) is 0.377. The number of urea groups is 1. The van der Waals surface area contributed by atoms with Crippen LogP contribution in [0.25, 0.3) is 0 Å². The summed E-state index contributed by atoms with van der Waals surface area (Å²) in [5.74, 6) is 0.462. The van der Waals surface area contributed by atoms with Gasteiger partial charge in [0.05, 0.1) is 36.0 Å². The van der Waals surface area contributed by atoms with Gasteiger partial charge in [-0.15, -0.1) is 6.42 Å². The van der Waals surface area contributed by atoms with Crippen molar-refractivity contribution in [2.45, 2.75) is 11.7 Å². The first kappa shape index (κ1) is 21.8. The fourth-order valence-electron chi connectivity index (χ4n) is 3.45. The van der Waals surface area contributed by atoms with Gasteiger partial charge in [0, 0.05) is 0 Å². The lowest BCUT2D eigenvalue weighted by molar-refractivity contribution is -0.137. The summed E-state index contributed by atoms with van der Waals surface area (Å²) < 4.78 is 53.5. The Morgan fingerprint density at radius 1 is 1.13 bits per heavy atom. The molecule has 1 N–H and O–H groups in total. The van der Waals surface area contributed by atoms with Crippen LogP contribution in [0.4, 0.5) is 28.0 Å². The Kier molecular flexibility index (Phi) is 5.45. The van der Waals surface area contributed by atoms with Gasteiger partial charge < -0.3 is 5.11 Å². The van der Waals surface area contributed by atoms with Gasteiger partial charge in [-0.3, -0.25) is 9.69 Å². The molecule has 10 heteroatoms. The van der Waals surface area contributed by atoms with Crippen LogP contribution in [-0.2, 0) is 16.5 Å². The number of aliphatic hydroxyl groups is 1.